The first-order valence-electron chi connectivity index (χ1n) is 8.09. The Hall–Kier alpha value is -0.840. The number of rotatable bonds is 4. The van der Waals surface area contributed by atoms with Crippen molar-refractivity contribution in [1.82, 2.24) is 10.2 Å². The van der Waals surface area contributed by atoms with Crippen molar-refractivity contribution in [3.8, 4) is 0 Å². The van der Waals surface area contributed by atoms with Crippen molar-refractivity contribution >= 4 is 0 Å². The van der Waals surface area contributed by atoms with Gasteiger partial charge in [-0.2, -0.15) is 0 Å². The number of aliphatic hydroxyl groups is 1. The van der Waals surface area contributed by atoms with Gasteiger partial charge in [0.25, 0.3) is 0 Å². The molecule has 118 valence electrons. The number of furan rings is 1. The summed E-state index contributed by atoms with van der Waals surface area (Å²) in [6, 6.07) is 2.99. The van der Waals surface area contributed by atoms with E-state index in [2.05, 4.69) is 38.0 Å². The van der Waals surface area contributed by atoms with Crippen molar-refractivity contribution in [2.75, 3.05) is 13.6 Å². The SMILES string of the molecule is CC(N[C@@H]1CC2(C[C@H]1O)CN(C)C2C(C)C)c1ccoc1. The summed E-state index contributed by atoms with van der Waals surface area (Å²) in [5.41, 5.74) is 1.45. The van der Waals surface area contributed by atoms with Crippen molar-refractivity contribution < 1.29 is 9.52 Å². The van der Waals surface area contributed by atoms with Crippen LogP contribution in [0.1, 0.15) is 45.2 Å². The molecule has 1 aliphatic carbocycles. The molecule has 3 unspecified atom stereocenters. The third kappa shape index (κ3) is 2.54. The van der Waals surface area contributed by atoms with Gasteiger partial charge < -0.3 is 19.7 Å². The van der Waals surface area contributed by atoms with Gasteiger partial charge in [0.15, 0.2) is 0 Å². The molecule has 1 saturated heterocycles. The van der Waals surface area contributed by atoms with E-state index in [9.17, 15) is 5.11 Å². The van der Waals surface area contributed by atoms with E-state index in [0.717, 1.165) is 24.9 Å². The Morgan fingerprint density at radius 1 is 1.38 bits per heavy atom. The van der Waals surface area contributed by atoms with Crippen molar-refractivity contribution in [3.05, 3.63) is 24.2 Å². The van der Waals surface area contributed by atoms with Crippen LogP contribution in [0.5, 0.6) is 0 Å². The molecule has 0 bridgehead atoms. The largest absolute Gasteiger partial charge is 0.472 e. The van der Waals surface area contributed by atoms with Gasteiger partial charge in [-0.3, -0.25) is 0 Å². The Morgan fingerprint density at radius 2 is 2.14 bits per heavy atom. The lowest BCUT2D eigenvalue weighted by atomic mass is 9.66. The van der Waals surface area contributed by atoms with Crippen LogP contribution in [0.2, 0.25) is 0 Å². The zero-order valence-electron chi connectivity index (χ0n) is 13.5. The molecule has 2 N–H and O–H groups in total. The van der Waals surface area contributed by atoms with E-state index >= 15 is 0 Å². The second-order valence-electron chi connectivity index (χ2n) is 7.49. The Labute approximate surface area is 127 Å². The number of nitrogens with one attached hydrogen (secondary N) is 1. The normalized spacial score (nSPS) is 38.1. The van der Waals surface area contributed by atoms with E-state index in [0.29, 0.717) is 17.4 Å². The first-order valence-corrected chi connectivity index (χ1v) is 8.09. The summed E-state index contributed by atoms with van der Waals surface area (Å²) in [7, 11) is 2.21. The number of likely N-dealkylation sites (tertiary alicyclic amines) is 1. The first kappa shape index (κ1) is 15.1. The molecule has 2 aliphatic rings. The van der Waals surface area contributed by atoms with Gasteiger partial charge >= 0.3 is 0 Å². The molecule has 2 heterocycles. The van der Waals surface area contributed by atoms with Crippen LogP contribution in [0.4, 0.5) is 0 Å². The van der Waals surface area contributed by atoms with Gasteiger partial charge in [-0.25, -0.2) is 0 Å². The summed E-state index contributed by atoms with van der Waals surface area (Å²) in [5.74, 6) is 0.640. The lowest BCUT2D eigenvalue weighted by molar-refractivity contribution is -0.0828. The number of hydrogen-bond donors (Lipinski definition) is 2. The van der Waals surface area contributed by atoms with Gasteiger partial charge in [-0.1, -0.05) is 13.8 Å². The highest BCUT2D eigenvalue weighted by atomic mass is 16.3. The Kier molecular flexibility index (Phi) is 3.89. The van der Waals surface area contributed by atoms with E-state index in [1.807, 2.05) is 6.07 Å². The van der Waals surface area contributed by atoms with Crippen LogP contribution in [-0.2, 0) is 0 Å². The predicted octanol–water partition coefficient (Wildman–Crippen LogP) is 2.41. The van der Waals surface area contributed by atoms with Crippen LogP contribution in [0, 0.1) is 11.3 Å². The average Bonchev–Trinajstić information content (AvgIpc) is 2.98. The third-order valence-corrected chi connectivity index (χ3v) is 5.51. The van der Waals surface area contributed by atoms with E-state index in [1.165, 1.54) is 0 Å². The van der Waals surface area contributed by atoms with Crippen molar-refractivity contribution in [3.63, 3.8) is 0 Å². The molecule has 1 saturated carbocycles. The molecule has 0 amide bonds. The zero-order valence-corrected chi connectivity index (χ0v) is 13.5. The molecule has 3 rings (SSSR count). The van der Waals surface area contributed by atoms with Crippen LogP contribution in [-0.4, -0.2) is 41.8 Å². The summed E-state index contributed by atoms with van der Waals surface area (Å²) >= 11 is 0. The van der Waals surface area contributed by atoms with E-state index in [1.54, 1.807) is 12.5 Å². The molecule has 4 nitrogen and oxygen atoms in total. The highest BCUT2D eigenvalue weighted by molar-refractivity contribution is 5.15. The summed E-state index contributed by atoms with van der Waals surface area (Å²) in [6.07, 6.45) is 5.24. The number of nitrogens with zero attached hydrogens (tertiary/aromatic N) is 1. The van der Waals surface area contributed by atoms with Gasteiger partial charge in [-0.05, 0) is 38.8 Å². The van der Waals surface area contributed by atoms with Gasteiger partial charge in [0.2, 0.25) is 0 Å². The fraction of sp³-hybridized carbons (Fsp3) is 0.765. The lowest BCUT2D eigenvalue weighted by Gasteiger charge is -2.57. The standard InChI is InChI=1S/C17H28N2O2/c1-11(2)16-17(10-19(16)4)7-14(15(20)8-17)18-12(3)13-5-6-21-9-13/h5-6,9,11-12,14-16,18,20H,7-8,10H2,1-4H3/t12?,14-,15-,16?,17?/m1/s1. The van der Waals surface area contributed by atoms with Gasteiger partial charge in [-0.15, -0.1) is 0 Å². The van der Waals surface area contributed by atoms with Crippen LogP contribution >= 0.6 is 0 Å². The van der Waals surface area contributed by atoms with Gasteiger partial charge in [0, 0.05) is 35.6 Å². The molecule has 21 heavy (non-hydrogen) atoms. The highest BCUT2D eigenvalue weighted by Gasteiger charge is 2.58. The molecule has 2 fully saturated rings. The molecular weight excluding hydrogens is 264 g/mol. The fourth-order valence-corrected chi connectivity index (χ4v) is 4.96. The molecule has 1 aromatic heterocycles. The molecule has 1 aliphatic heterocycles. The Balaban J connectivity index is 1.67. The fourth-order valence-electron chi connectivity index (χ4n) is 4.96. The van der Waals surface area contributed by atoms with Crippen LogP contribution in [0.15, 0.2) is 23.0 Å². The summed E-state index contributed by atoms with van der Waals surface area (Å²) in [4.78, 5) is 2.44. The molecule has 1 spiro atoms. The maximum absolute atomic E-state index is 10.5. The quantitative estimate of drug-likeness (QED) is 0.895. The number of aliphatic hydroxyl groups excluding tert-OH is 1. The summed E-state index contributed by atoms with van der Waals surface area (Å²) < 4.78 is 5.15. The zero-order chi connectivity index (χ0) is 15.2. The maximum Gasteiger partial charge on any atom is 0.0950 e. The molecule has 5 atom stereocenters. The topological polar surface area (TPSA) is 48.6 Å². The van der Waals surface area contributed by atoms with Crippen molar-refractivity contribution in [2.45, 2.75) is 57.8 Å². The minimum Gasteiger partial charge on any atom is -0.472 e. The highest BCUT2D eigenvalue weighted by Crippen LogP contribution is 2.52. The number of hydrogen-bond acceptors (Lipinski definition) is 4. The Bertz CT molecular complexity index is 468. The van der Waals surface area contributed by atoms with E-state index < -0.39 is 0 Å². The minimum absolute atomic E-state index is 0.185. The molecular formula is C17H28N2O2. The minimum atomic E-state index is -0.241. The third-order valence-electron chi connectivity index (χ3n) is 5.51. The monoisotopic (exact) mass is 292 g/mol. The van der Waals surface area contributed by atoms with Crippen molar-refractivity contribution in [2.24, 2.45) is 11.3 Å². The maximum atomic E-state index is 10.5. The second kappa shape index (κ2) is 5.41. The van der Waals surface area contributed by atoms with Crippen LogP contribution in [0.3, 0.4) is 0 Å². The van der Waals surface area contributed by atoms with Gasteiger partial charge in [0.05, 0.1) is 18.6 Å². The van der Waals surface area contributed by atoms with E-state index in [4.69, 9.17) is 4.42 Å². The van der Waals surface area contributed by atoms with Gasteiger partial charge in [0.1, 0.15) is 0 Å². The molecule has 1 aromatic rings. The lowest BCUT2D eigenvalue weighted by Crippen LogP contribution is -2.64. The summed E-state index contributed by atoms with van der Waals surface area (Å²) in [5, 5.41) is 14.1. The first-order chi connectivity index (χ1) is 9.93. The average molecular weight is 292 g/mol. The second-order valence-corrected chi connectivity index (χ2v) is 7.49. The predicted molar refractivity (Wildman–Crippen MR) is 83.0 cm³/mol. The van der Waals surface area contributed by atoms with E-state index in [-0.39, 0.29) is 18.2 Å². The summed E-state index contributed by atoms with van der Waals surface area (Å²) in [6.45, 7) is 7.84. The van der Waals surface area contributed by atoms with Crippen molar-refractivity contribution in [1.29, 1.82) is 0 Å². The van der Waals surface area contributed by atoms with Crippen LogP contribution < -0.4 is 5.32 Å². The Morgan fingerprint density at radius 3 is 2.71 bits per heavy atom. The van der Waals surface area contributed by atoms with Crippen LogP contribution in [0.25, 0.3) is 0 Å². The molecule has 4 heteroatoms. The smallest absolute Gasteiger partial charge is 0.0950 e. The molecule has 0 aromatic carbocycles. The molecule has 0 radical (unpaired) electrons.